The highest BCUT2D eigenvalue weighted by Gasteiger charge is 2.33. The molecule has 6 rings (SSSR count). The van der Waals surface area contributed by atoms with Crippen LogP contribution in [0.5, 0.6) is 5.88 Å². The van der Waals surface area contributed by atoms with Gasteiger partial charge < -0.3 is 20.4 Å². The van der Waals surface area contributed by atoms with Gasteiger partial charge in [-0.05, 0) is 41.0 Å². The number of rotatable bonds is 9. The quantitative estimate of drug-likeness (QED) is 0.211. The largest absolute Gasteiger partial charge is 0.479 e. The van der Waals surface area contributed by atoms with Crippen molar-refractivity contribution >= 4 is 28.4 Å². The monoisotopic (exact) mass is 570 g/mol. The normalized spacial score (nSPS) is 11.8. The second-order valence-electron chi connectivity index (χ2n) is 10.1. The lowest BCUT2D eigenvalue weighted by Crippen LogP contribution is -2.48. The number of aromatic nitrogens is 4. The first kappa shape index (κ1) is 27.5. The van der Waals surface area contributed by atoms with Crippen LogP contribution in [0.3, 0.4) is 0 Å². The molecule has 0 aliphatic rings. The summed E-state index contributed by atoms with van der Waals surface area (Å²) in [6.07, 6.45) is 5.18. The van der Waals surface area contributed by atoms with Gasteiger partial charge in [0.05, 0.1) is 7.11 Å². The van der Waals surface area contributed by atoms with Crippen LogP contribution in [0, 0.1) is 0 Å². The molecule has 3 aromatic heterocycles. The molecule has 2 amide bonds. The summed E-state index contributed by atoms with van der Waals surface area (Å²) in [4.78, 5) is 35.1. The number of hydrogen-bond acceptors (Lipinski definition) is 5. The summed E-state index contributed by atoms with van der Waals surface area (Å²) in [5.74, 6) is -0.667. The number of aromatic amines is 1. The van der Waals surface area contributed by atoms with Crippen molar-refractivity contribution in [3.05, 3.63) is 132 Å². The molecule has 0 saturated carbocycles. The average Bonchev–Trinajstić information content (AvgIpc) is 3.71. The number of pyridine rings is 1. The topological polar surface area (TPSA) is 114 Å². The van der Waals surface area contributed by atoms with Crippen LogP contribution >= 0.6 is 0 Å². The van der Waals surface area contributed by atoms with Crippen LogP contribution in [-0.4, -0.2) is 44.7 Å². The van der Waals surface area contributed by atoms with Crippen molar-refractivity contribution in [2.75, 3.05) is 12.4 Å². The molecular formula is C34H30N6O3. The summed E-state index contributed by atoms with van der Waals surface area (Å²) in [7, 11) is 3.28. The second kappa shape index (κ2) is 12.0. The lowest BCUT2D eigenvalue weighted by molar-refractivity contribution is -0.118. The standard InChI is InChI=1S/C34H30N6O3/c1-40-28(18-20-37-40)32(41)39-31(29(23-9-5-3-6-10-23)24-11-7-4-8-12-24)33(42)38-25-15-13-22(14-16-25)27-21-36-34(43-2)30-26(27)17-19-35-30/h3-21,29,31,35H,1-2H3,(H,38,42)(H,39,41)/t31-/m0/s1. The number of amides is 2. The minimum atomic E-state index is -0.933. The Labute approximate surface area is 248 Å². The molecule has 3 heterocycles. The third kappa shape index (κ3) is 5.60. The fourth-order valence-corrected chi connectivity index (χ4v) is 5.38. The average molecular weight is 571 g/mol. The molecular weight excluding hydrogens is 540 g/mol. The van der Waals surface area contributed by atoms with Gasteiger partial charge in [-0.3, -0.25) is 14.3 Å². The SMILES string of the molecule is COc1ncc(-c2ccc(NC(=O)[C@@H](NC(=O)c3ccnn3C)C(c3ccccc3)c3ccccc3)cc2)c2cc[nH]c12. The number of fused-ring (bicyclic) bond motifs is 1. The Morgan fingerprint density at radius 1 is 0.884 bits per heavy atom. The van der Waals surface area contributed by atoms with Gasteiger partial charge in [-0.15, -0.1) is 0 Å². The molecule has 0 saturated heterocycles. The molecule has 0 aliphatic carbocycles. The summed E-state index contributed by atoms with van der Waals surface area (Å²) < 4.78 is 6.86. The van der Waals surface area contributed by atoms with Crippen LogP contribution in [0.2, 0.25) is 0 Å². The third-order valence-electron chi connectivity index (χ3n) is 7.49. The maximum Gasteiger partial charge on any atom is 0.270 e. The number of aryl methyl sites for hydroxylation is 1. The van der Waals surface area contributed by atoms with Crippen LogP contribution in [0.4, 0.5) is 5.69 Å². The predicted molar refractivity (Wildman–Crippen MR) is 166 cm³/mol. The minimum Gasteiger partial charge on any atom is -0.479 e. The lowest BCUT2D eigenvalue weighted by atomic mass is 9.84. The predicted octanol–water partition coefficient (Wildman–Crippen LogP) is 5.54. The summed E-state index contributed by atoms with van der Waals surface area (Å²) >= 11 is 0. The van der Waals surface area contributed by atoms with E-state index in [2.05, 4.69) is 25.7 Å². The smallest absolute Gasteiger partial charge is 0.270 e. The highest BCUT2D eigenvalue weighted by Crippen LogP contribution is 2.33. The molecule has 214 valence electrons. The first-order valence-corrected chi connectivity index (χ1v) is 13.8. The molecule has 6 aromatic rings. The Hall–Kier alpha value is -5.70. The zero-order valence-corrected chi connectivity index (χ0v) is 23.7. The molecule has 0 radical (unpaired) electrons. The van der Waals surface area contributed by atoms with Crippen molar-refractivity contribution in [3.8, 4) is 17.0 Å². The number of carbonyl (C=O) groups excluding carboxylic acids is 2. The highest BCUT2D eigenvalue weighted by atomic mass is 16.5. The van der Waals surface area contributed by atoms with Crippen LogP contribution < -0.4 is 15.4 Å². The van der Waals surface area contributed by atoms with Gasteiger partial charge >= 0.3 is 0 Å². The summed E-state index contributed by atoms with van der Waals surface area (Å²) in [6, 6.07) is 29.6. The van der Waals surface area contributed by atoms with Crippen molar-refractivity contribution in [3.63, 3.8) is 0 Å². The van der Waals surface area contributed by atoms with E-state index in [0.29, 0.717) is 17.3 Å². The van der Waals surface area contributed by atoms with Gasteiger partial charge in [0.1, 0.15) is 17.3 Å². The maximum absolute atomic E-state index is 14.1. The van der Waals surface area contributed by atoms with Gasteiger partial charge in [-0.1, -0.05) is 72.8 Å². The molecule has 43 heavy (non-hydrogen) atoms. The van der Waals surface area contributed by atoms with E-state index in [1.54, 1.807) is 32.6 Å². The number of hydrogen-bond donors (Lipinski definition) is 3. The van der Waals surface area contributed by atoms with Gasteiger partial charge in [-0.2, -0.15) is 5.10 Å². The Morgan fingerprint density at radius 2 is 1.56 bits per heavy atom. The Bertz CT molecular complexity index is 1820. The van der Waals surface area contributed by atoms with E-state index in [1.165, 1.54) is 4.68 Å². The van der Waals surface area contributed by atoms with Crippen LogP contribution in [-0.2, 0) is 11.8 Å². The molecule has 3 N–H and O–H groups in total. The summed E-state index contributed by atoms with van der Waals surface area (Å²) in [5, 5.41) is 11.1. The first-order valence-electron chi connectivity index (χ1n) is 13.8. The maximum atomic E-state index is 14.1. The number of ether oxygens (including phenoxy) is 1. The molecule has 0 aliphatic heterocycles. The van der Waals surface area contributed by atoms with E-state index in [1.807, 2.05) is 97.2 Å². The molecule has 9 heteroatoms. The number of nitrogens with zero attached hydrogens (tertiary/aromatic N) is 3. The van der Waals surface area contributed by atoms with Gasteiger partial charge in [0.25, 0.3) is 5.91 Å². The molecule has 0 fully saturated rings. The summed E-state index contributed by atoms with van der Waals surface area (Å²) in [6.45, 7) is 0. The number of H-pyrrole nitrogens is 1. The van der Waals surface area contributed by atoms with Crippen molar-refractivity contribution in [1.82, 2.24) is 25.1 Å². The van der Waals surface area contributed by atoms with Crippen molar-refractivity contribution in [1.29, 1.82) is 0 Å². The lowest BCUT2D eigenvalue weighted by Gasteiger charge is -2.28. The molecule has 0 spiro atoms. The highest BCUT2D eigenvalue weighted by molar-refractivity contribution is 6.02. The fourth-order valence-electron chi connectivity index (χ4n) is 5.38. The van der Waals surface area contributed by atoms with Gasteiger partial charge in [-0.25, -0.2) is 4.98 Å². The van der Waals surface area contributed by atoms with Crippen molar-refractivity contribution < 1.29 is 14.3 Å². The number of carbonyl (C=O) groups is 2. The van der Waals surface area contributed by atoms with Crippen LogP contribution in [0.15, 0.2) is 116 Å². The molecule has 3 aromatic carbocycles. The van der Waals surface area contributed by atoms with E-state index >= 15 is 0 Å². The third-order valence-corrected chi connectivity index (χ3v) is 7.49. The van der Waals surface area contributed by atoms with Crippen LogP contribution in [0.25, 0.3) is 22.0 Å². The Morgan fingerprint density at radius 3 is 2.16 bits per heavy atom. The van der Waals surface area contributed by atoms with E-state index in [9.17, 15) is 9.59 Å². The van der Waals surface area contributed by atoms with Gasteiger partial charge in [0.2, 0.25) is 11.8 Å². The fraction of sp³-hybridized carbons (Fsp3) is 0.118. The number of anilines is 1. The van der Waals surface area contributed by atoms with Crippen molar-refractivity contribution in [2.45, 2.75) is 12.0 Å². The molecule has 0 bridgehead atoms. The number of benzene rings is 3. The van der Waals surface area contributed by atoms with Gasteiger partial charge in [0, 0.05) is 48.2 Å². The van der Waals surface area contributed by atoms with E-state index in [0.717, 1.165) is 33.2 Å². The number of nitrogens with one attached hydrogen (secondary N) is 3. The first-order chi connectivity index (χ1) is 21.0. The zero-order valence-electron chi connectivity index (χ0n) is 23.7. The zero-order chi connectivity index (χ0) is 29.8. The molecule has 0 unspecified atom stereocenters. The van der Waals surface area contributed by atoms with E-state index < -0.39 is 17.9 Å². The Balaban J connectivity index is 1.33. The number of methoxy groups -OCH3 is 1. The Kier molecular flexibility index (Phi) is 7.69. The van der Waals surface area contributed by atoms with Crippen LogP contribution in [0.1, 0.15) is 27.5 Å². The minimum absolute atomic E-state index is 0.347. The molecule has 9 nitrogen and oxygen atoms in total. The molecule has 1 atom stereocenters. The van der Waals surface area contributed by atoms with E-state index in [-0.39, 0.29) is 5.91 Å². The van der Waals surface area contributed by atoms with Crippen molar-refractivity contribution in [2.24, 2.45) is 7.05 Å². The second-order valence-corrected chi connectivity index (χ2v) is 10.1. The van der Waals surface area contributed by atoms with Gasteiger partial charge in [0.15, 0.2) is 0 Å². The van der Waals surface area contributed by atoms with E-state index in [4.69, 9.17) is 4.74 Å². The summed E-state index contributed by atoms with van der Waals surface area (Å²) in [5.41, 5.74) is 5.44.